The molecule has 1 aromatic rings. The van der Waals surface area contributed by atoms with Gasteiger partial charge in [0.05, 0.1) is 11.5 Å². The highest BCUT2D eigenvalue weighted by molar-refractivity contribution is 7.91. The lowest BCUT2D eigenvalue weighted by Crippen LogP contribution is -2.05. The van der Waals surface area contributed by atoms with Gasteiger partial charge in [0.25, 0.3) is 0 Å². The van der Waals surface area contributed by atoms with E-state index in [4.69, 9.17) is 5.11 Å². The van der Waals surface area contributed by atoms with Gasteiger partial charge in [0, 0.05) is 17.8 Å². The van der Waals surface area contributed by atoms with Crippen molar-refractivity contribution in [3.8, 4) is 0 Å². The highest BCUT2D eigenvalue weighted by Crippen LogP contribution is 2.27. The van der Waals surface area contributed by atoms with Crippen LogP contribution >= 0.6 is 0 Å². The number of nitrogens with one attached hydrogen (secondary N) is 1. The summed E-state index contributed by atoms with van der Waals surface area (Å²) in [6.45, 7) is 0. The van der Waals surface area contributed by atoms with Gasteiger partial charge < -0.3 is 10.1 Å². The number of hydrogen-bond acceptors (Lipinski definition) is 4. The van der Waals surface area contributed by atoms with E-state index >= 15 is 0 Å². The molecule has 0 spiro atoms. The second-order valence-corrected chi connectivity index (χ2v) is 5.82. The molecule has 1 unspecified atom stereocenters. The number of aromatic nitrogens is 2. The lowest BCUT2D eigenvalue weighted by atomic mass is 10.1. The van der Waals surface area contributed by atoms with Gasteiger partial charge in [0.1, 0.15) is 0 Å². The number of rotatable bonds is 2. The summed E-state index contributed by atoms with van der Waals surface area (Å²) in [5, 5.41) is 8.63. The zero-order valence-corrected chi connectivity index (χ0v) is 8.62. The van der Waals surface area contributed by atoms with Gasteiger partial charge >= 0.3 is 5.97 Å². The molecule has 1 atom stereocenters. The Kier molecular flexibility index (Phi) is 2.26. The minimum absolute atomic E-state index is 0.0776. The van der Waals surface area contributed by atoms with Gasteiger partial charge in [-0.25, -0.2) is 18.2 Å². The van der Waals surface area contributed by atoms with E-state index < -0.39 is 15.8 Å². The van der Waals surface area contributed by atoms with Gasteiger partial charge in [-0.3, -0.25) is 0 Å². The largest absolute Gasteiger partial charge is 0.475 e. The van der Waals surface area contributed by atoms with Crippen LogP contribution in [-0.4, -0.2) is 41.0 Å². The van der Waals surface area contributed by atoms with Crippen LogP contribution in [0.3, 0.4) is 0 Å². The second kappa shape index (κ2) is 3.34. The summed E-state index contributed by atoms with van der Waals surface area (Å²) >= 11 is 0. The molecule has 2 heterocycles. The molecule has 0 saturated carbocycles. The van der Waals surface area contributed by atoms with Crippen LogP contribution in [0.2, 0.25) is 0 Å². The predicted octanol–water partition coefficient (Wildman–Crippen LogP) is 0.0100. The molecular formula is C8H10N2O4S. The van der Waals surface area contributed by atoms with E-state index in [0.29, 0.717) is 12.1 Å². The van der Waals surface area contributed by atoms with Crippen LogP contribution in [0.15, 0.2) is 6.20 Å². The topological polar surface area (TPSA) is 100 Å². The first-order chi connectivity index (χ1) is 6.98. The Morgan fingerprint density at radius 3 is 2.80 bits per heavy atom. The lowest BCUT2D eigenvalue weighted by molar-refractivity contribution is 0.0684. The van der Waals surface area contributed by atoms with Crippen LogP contribution in [0.25, 0.3) is 0 Å². The number of aromatic carboxylic acids is 1. The van der Waals surface area contributed by atoms with Crippen LogP contribution in [0.4, 0.5) is 0 Å². The number of carboxylic acid groups (broad SMARTS) is 1. The predicted molar refractivity (Wildman–Crippen MR) is 51.6 cm³/mol. The smallest absolute Gasteiger partial charge is 0.371 e. The number of H-pyrrole nitrogens is 1. The second-order valence-electron chi connectivity index (χ2n) is 3.59. The average molecular weight is 230 g/mol. The molecule has 6 nitrogen and oxygen atoms in total. The molecule has 82 valence electrons. The number of carboxylic acids is 1. The maximum atomic E-state index is 11.2. The first-order valence-electron chi connectivity index (χ1n) is 4.46. The number of imidazole rings is 1. The molecule has 0 aromatic carbocycles. The van der Waals surface area contributed by atoms with E-state index in [0.717, 1.165) is 0 Å². The van der Waals surface area contributed by atoms with Gasteiger partial charge in [0.2, 0.25) is 5.82 Å². The Morgan fingerprint density at radius 2 is 2.33 bits per heavy atom. The summed E-state index contributed by atoms with van der Waals surface area (Å²) in [5.41, 5.74) is 0.591. The fourth-order valence-electron chi connectivity index (χ4n) is 1.69. The van der Waals surface area contributed by atoms with Crippen LogP contribution in [-0.2, 0) is 9.84 Å². The van der Waals surface area contributed by atoms with Crippen LogP contribution in [0, 0.1) is 0 Å². The molecule has 2 rings (SSSR count). The molecule has 15 heavy (non-hydrogen) atoms. The molecule has 2 N–H and O–H groups in total. The third-order valence-corrected chi connectivity index (χ3v) is 4.24. The molecule has 1 aromatic heterocycles. The number of hydrogen-bond donors (Lipinski definition) is 2. The molecule has 1 aliphatic heterocycles. The molecular weight excluding hydrogens is 220 g/mol. The Hall–Kier alpha value is -1.37. The molecule has 7 heteroatoms. The van der Waals surface area contributed by atoms with Crippen molar-refractivity contribution in [2.45, 2.75) is 12.3 Å². The molecule has 0 bridgehead atoms. The summed E-state index contributed by atoms with van der Waals surface area (Å²) in [4.78, 5) is 16.8. The van der Waals surface area contributed by atoms with Crippen molar-refractivity contribution in [3.05, 3.63) is 17.7 Å². The number of carbonyl (C=O) groups is 1. The van der Waals surface area contributed by atoms with Crippen molar-refractivity contribution in [1.82, 2.24) is 9.97 Å². The van der Waals surface area contributed by atoms with Gasteiger partial charge in [-0.1, -0.05) is 0 Å². The minimum Gasteiger partial charge on any atom is -0.475 e. The standard InChI is InChI=1S/C8H10N2O4S/c11-8(12)7-9-3-6(10-7)5-1-2-15(13,14)4-5/h3,5H,1-2,4H2,(H,9,10)(H,11,12). The van der Waals surface area contributed by atoms with Crippen molar-refractivity contribution in [2.24, 2.45) is 0 Å². The van der Waals surface area contributed by atoms with Crippen molar-refractivity contribution in [2.75, 3.05) is 11.5 Å². The maximum Gasteiger partial charge on any atom is 0.371 e. The summed E-state index contributed by atoms with van der Waals surface area (Å²) in [6, 6.07) is 0. The fraction of sp³-hybridized carbons (Fsp3) is 0.500. The first kappa shape index (κ1) is 10.2. The third kappa shape index (κ3) is 2.01. The number of nitrogens with zero attached hydrogens (tertiary/aromatic N) is 1. The zero-order chi connectivity index (χ0) is 11.1. The summed E-state index contributed by atoms with van der Waals surface area (Å²) in [5.74, 6) is -1.18. The molecule has 0 aliphatic carbocycles. The quantitative estimate of drug-likeness (QED) is 0.745. The normalized spacial score (nSPS) is 24.1. The number of sulfone groups is 1. The Bertz CT molecular complexity index is 490. The van der Waals surface area contributed by atoms with Crippen LogP contribution in [0.1, 0.15) is 28.7 Å². The monoisotopic (exact) mass is 230 g/mol. The Labute approximate surface area is 86.3 Å². The van der Waals surface area contributed by atoms with Gasteiger partial charge in [-0.15, -0.1) is 0 Å². The van der Waals surface area contributed by atoms with Gasteiger partial charge in [-0.05, 0) is 6.42 Å². The van der Waals surface area contributed by atoms with E-state index in [9.17, 15) is 13.2 Å². The third-order valence-electron chi connectivity index (χ3n) is 2.47. The average Bonchev–Trinajstić information content (AvgIpc) is 2.70. The van der Waals surface area contributed by atoms with E-state index in [1.54, 1.807) is 0 Å². The summed E-state index contributed by atoms with van der Waals surface area (Å²) < 4.78 is 22.4. The number of aromatic amines is 1. The van der Waals surface area contributed by atoms with E-state index in [-0.39, 0.29) is 23.2 Å². The lowest BCUT2D eigenvalue weighted by Gasteiger charge is -2.02. The summed E-state index contributed by atoms with van der Waals surface area (Å²) in [6.07, 6.45) is 1.93. The summed E-state index contributed by atoms with van der Waals surface area (Å²) in [7, 11) is -2.95. The van der Waals surface area contributed by atoms with Gasteiger partial charge in [0.15, 0.2) is 9.84 Å². The van der Waals surface area contributed by atoms with Crippen molar-refractivity contribution >= 4 is 15.8 Å². The Morgan fingerprint density at radius 1 is 1.60 bits per heavy atom. The fourth-order valence-corrected chi connectivity index (χ4v) is 3.46. The molecule has 0 radical (unpaired) electrons. The van der Waals surface area contributed by atoms with Crippen LogP contribution < -0.4 is 0 Å². The maximum absolute atomic E-state index is 11.2. The highest BCUT2D eigenvalue weighted by atomic mass is 32.2. The Balaban J connectivity index is 2.21. The zero-order valence-electron chi connectivity index (χ0n) is 7.80. The SMILES string of the molecule is O=C(O)c1ncc(C2CCS(=O)(=O)C2)[nH]1. The highest BCUT2D eigenvalue weighted by Gasteiger charge is 2.30. The molecule has 1 fully saturated rings. The molecule has 1 saturated heterocycles. The van der Waals surface area contributed by atoms with Crippen molar-refractivity contribution in [1.29, 1.82) is 0 Å². The molecule has 1 aliphatic rings. The van der Waals surface area contributed by atoms with Crippen LogP contribution in [0.5, 0.6) is 0 Å². The van der Waals surface area contributed by atoms with E-state index in [1.807, 2.05) is 0 Å². The van der Waals surface area contributed by atoms with E-state index in [2.05, 4.69) is 9.97 Å². The molecule has 0 amide bonds. The van der Waals surface area contributed by atoms with Gasteiger partial charge in [-0.2, -0.15) is 0 Å². The van der Waals surface area contributed by atoms with Crippen molar-refractivity contribution < 1.29 is 18.3 Å². The van der Waals surface area contributed by atoms with E-state index in [1.165, 1.54) is 6.20 Å². The first-order valence-corrected chi connectivity index (χ1v) is 6.29. The minimum atomic E-state index is -2.95. The van der Waals surface area contributed by atoms with Crippen molar-refractivity contribution in [3.63, 3.8) is 0 Å².